The summed E-state index contributed by atoms with van der Waals surface area (Å²) in [6.07, 6.45) is -3.52. The molecule has 0 saturated heterocycles. The molecule has 0 aliphatic carbocycles. The molecule has 2 unspecified atom stereocenters. The van der Waals surface area contributed by atoms with E-state index < -0.39 is 36.0 Å². The lowest BCUT2D eigenvalue weighted by molar-refractivity contribution is -0.275. The molecule has 0 fully saturated rings. The largest absolute Gasteiger partial charge is 0.442 e. The second kappa shape index (κ2) is 9.64. The monoisotopic (exact) mass is 476 g/mol. The van der Waals surface area contributed by atoms with E-state index in [0.717, 1.165) is 0 Å². The third kappa shape index (κ3) is 5.42. The Morgan fingerprint density at radius 3 is 2.24 bits per heavy atom. The predicted molar refractivity (Wildman–Crippen MR) is 116 cm³/mol. The van der Waals surface area contributed by atoms with Gasteiger partial charge in [0.25, 0.3) is 5.91 Å². The number of pyridine rings is 1. The molecule has 2 amide bonds. The second-order valence-electron chi connectivity index (χ2n) is 7.80. The van der Waals surface area contributed by atoms with Crippen molar-refractivity contribution in [3.8, 4) is 0 Å². The highest BCUT2D eigenvalue weighted by atomic mass is 19.4. The van der Waals surface area contributed by atoms with Crippen LogP contribution < -0.4 is 10.6 Å². The Morgan fingerprint density at radius 1 is 1.09 bits per heavy atom. The summed E-state index contributed by atoms with van der Waals surface area (Å²) in [6.45, 7) is 4.42. The Morgan fingerprint density at radius 2 is 1.71 bits per heavy atom. The molecule has 34 heavy (non-hydrogen) atoms. The van der Waals surface area contributed by atoms with Gasteiger partial charge >= 0.3 is 6.18 Å². The lowest BCUT2D eigenvalue weighted by Gasteiger charge is -2.27. The minimum absolute atomic E-state index is 0.113. The van der Waals surface area contributed by atoms with E-state index in [1.807, 2.05) is 0 Å². The number of oxazole rings is 1. The van der Waals surface area contributed by atoms with E-state index in [4.69, 9.17) is 4.42 Å². The number of carbonyl (C=O) groups is 2. The SMILES string of the molecule is Cc1nc(C(O)(CC(=O)NC(C)c2ccc(NC(=O)c3ccncc3)cc2)C(F)(F)F)oc1C. The zero-order valence-corrected chi connectivity index (χ0v) is 18.6. The lowest BCUT2D eigenvalue weighted by Crippen LogP contribution is -2.46. The molecule has 3 rings (SSSR count). The fraction of sp³-hybridized carbons (Fsp3) is 0.304. The summed E-state index contributed by atoms with van der Waals surface area (Å²) in [7, 11) is 0. The summed E-state index contributed by atoms with van der Waals surface area (Å²) in [4.78, 5) is 32.1. The summed E-state index contributed by atoms with van der Waals surface area (Å²) < 4.78 is 45.9. The van der Waals surface area contributed by atoms with Crippen LogP contribution in [0.25, 0.3) is 0 Å². The third-order valence-corrected chi connectivity index (χ3v) is 5.26. The first-order valence-electron chi connectivity index (χ1n) is 10.2. The van der Waals surface area contributed by atoms with Crippen LogP contribution in [-0.4, -0.2) is 33.1 Å². The van der Waals surface area contributed by atoms with Crippen LogP contribution in [0, 0.1) is 13.8 Å². The van der Waals surface area contributed by atoms with Gasteiger partial charge in [0.15, 0.2) is 0 Å². The van der Waals surface area contributed by atoms with Gasteiger partial charge in [-0.25, -0.2) is 4.98 Å². The normalized spacial score (nSPS) is 14.2. The molecule has 0 aliphatic rings. The quantitative estimate of drug-likeness (QED) is 0.475. The molecular formula is C23H23F3N4O4. The van der Waals surface area contributed by atoms with Gasteiger partial charge in [-0.2, -0.15) is 13.2 Å². The number of nitrogens with zero attached hydrogens (tertiary/aromatic N) is 2. The standard InChI is InChI=1S/C23H23F3N4O4/c1-13-15(3)34-21(29-13)22(33,23(24,25)26)12-19(31)28-14(2)16-4-6-18(7-5-16)30-20(32)17-8-10-27-11-9-17/h4-11,14,33H,12H2,1-3H3,(H,28,31)(H,30,32). The molecule has 0 spiro atoms. The second-order valence-corrected chi connectivity index (χ2v) is 7.80. The molecule has 180 valence electrons. The first-order valence-corrected chi connectivity index (χ1v) is 10.2. The third-order valence-electron chi connectivity index (χ3n) is 5.26. The molecule has 0 radical (unpaired) electrons. The van der Waals surface area contributed by atoms with Gasteiger partial charge < -0.3 is 20.2 Å². The molecule has 1 aromatic carbocycles. The van der Waals surface area contributed by atoms with E-state index in [-0.39, 0.29) is 17.4 Å². The number of alkyl halides is 3. The van der Waals surface area contributed by atoms with Gasteiger partial charge in [-0.1, -0.05) is 12.1 Å². The van der Waals surface area contributed by atoms with Crippen LogP contribution >= 0.6 is 0 Å². The smallest absolute Gasteiger partial charge is 0.426 e. The first-order chi connectivity index (χ1) is 15.9. The number of nitrogens with one attached hydrogen (secondary N) is 2. The summed E-state index contributed by atoms with van der Waals surface area (Å²) >= 11 is 0. The molecule has 0 saturated carbocycles. The van der Waals surface area contributed by atoms with Crippen LogP contribution in [0.5, 0.6) is 0 Å². The van der Waals surface area contributed by atoms with Crippen molar-refractivity contribution < 1.29 is 32.3 Å². The molecular weight excluding hydrogens is 453 g/mol. The molecule has 11 heteroatoms. The van der Waals surface area contributed by atoms with Crippen molar-refractivity contribution in [1.29, 1.82) is 0 Å². The average molecular weight is 476 g/mol. The average Bonchev–Trinajstić information content (AvgIpc) is 3.12. The van der Waals surface area contributed by atoms with Gasteiger partial charge in [-0.15, -0.1) is 0 Å². The van der Waals surface area contributed by atoms with Crippen molar-refractivity contribution >= 4 is 17.5 Å². The van der Waals surface area contributed by atoms with Gasteiger partial charge in [0.2, 0.25) is 17.4 Å². The Balaban J connectivity index is 1.66. The Hall–Kier alpha value is -3.73. The van der Waals surface area contributed by atoms with Crippen LogP contribution in [0.1, 0.15) is 52.7 Å². The molecule has 3 aromatic rings. The Kier molecular flexibility index (Phi) is 7.06. The highest BCUT2D eigenvalue weighted by Gasteiger charge is 2.59. The van der Waals surface area contributed by atoms with Gasteiger partial charge in [0.05, 0.1) is 18.2 Å². The van der Waals surface area contributed by atoms with Crippen molar-refractivity contribution in [2.75, 3.05) is 5.32 Å². The molecule has 0 bridgehead atoms. The predicted octanol–water partition coefficient (Wildman–Crippen LogP) is 3.96. The fourth-order valence-electron chi connectivity index (χ4n) is 3.12. The van der Waals surface area contributed by atoms with Crippen LogP contribution in [0.3, 0.4) is 0 Å². The lowest BCUT2D eigenvalue weighted by atomic mass is 9.97. The van der Waals surface area contributed by atoms with Gasteiger partial charge in [0.1, 0.15) is 5.76 Å². The number of hydrogen-bond acceptors (Lipinski definition) is 6. The molecule has 2 atom stereocenters. The number of amides is 2. The maximum Gasteiger partial charge on any atom is 0.426 e. The van der Waals surface area contributed by atoms with E-state index in [9.17, 15) is 27.9 Å². The summed E-state index contributed by atoms with van der Waals surface area (Å²) in [6, 6.07) is 8.87. The highest BCUT2D eigenvalue weighted by Crippen LogP contribution is 2.41. The van der Waals surface area contributed by atoms with E-state index >= 15 is 0 Å². The van der Waals surface area contributed by atoms with E-state index in [0.29, 0.717) is 16.8 Å². The number of anilines is 1. The van der Waals surface area contributed by atoms with Crippen LogP contribution in [0.4, 0.5) is 18.9 Å². The fourth-order valence-corrected chi connectivity index (χ4v) is 3.12. The number of aromatic nitrogens is 2. The maximum absolute atomic E-state index is 13.7. The summed E-state index contributed by atoms with van der Waals surface area (Å²) in [5, 5.41) is 15.5. The van der Waals surface area contributed by atoms with E-state index in [1.54, 1.807) is 43.3 Å². The highest BCUT2D eigenvalue weighted by molar-refractivity contribution is 6.04. The van der Waals surface area contributed by atoms with Gasteiger partial charge in [-0.05, 0) is 50.6 Å². The van der Waals surface area contributed by atoms with Crippen molar-refractivity contribution in [3.63, 3.8) is 0 Å². The number of aryl methyl sites for hydroxylation is 2. The zero-order chi connectivity index (χ0) is 25.1. The number of carbonyl (C=O) groups excluding carboxylic acids is 2. The molecule has 3 N–H and O–H groups in total. The van der Waals surface area contributed by atoms with Crippen molar-refractivity contribution in [2.24, 2.45) is 0 Å². The number of benzene rings is 1. The van der Waals surface area contributed by atoms with Crippen LogP contribution in [0.15, 0.2) is 53.2 Å². The zero-order valence-electron chi connectivity index (χ0n) is 18.6. The van der Waals surface area contributed by atoms with Gasteiger partial charge in [-0.3, -0.25) is 14.6 Å². The minimum atomic E-state index is -5.19. The van der Waals surface area contributed by atoms with Crippen LogP contribution in [0.2, 0.25) is 0 Å². The van der Waals surface area contributed by atoms with E-state index in [2.05, 4.69) is 20.6 Å². The summed E-state index contributed by atoms with van der Waals surface area (Å²) in [5.74, 6) is -2.24. The molecule has 8 nitrogen and oxygen atoms in total. The number of rotatable bonds is 7. The van der Waals surface area contributed by atoms with Crippen molar-refractivity contribution in [1.82, 2.24) is 15.3 Å². The summed E-state index contributed by atoms with van der Waals surface area (Å²) in [5.41, 5.74) is -1.90. The Labute approximate surface area is 193 Å². The topological polar surface area (TPSA) is 117 Å². The van der Waals surface area contributed by atoms with Crippen molar-refractivity contribution in [2.45, 2.75) is 45.0 Å². The number of halogens is 3. The van der Waals surface area contributed by atoms with E-state index in [1.165, 1.54) is 26.2 Å². The Bertz CT molecular complexity index is 1140. The molecule has 2 aromatic heterocycles. The number of hydrogen-bond donors (Lipinski definition) is 3. The maximum atomic E-state index is 13.7. The van der Waals surface area contributed by atoms with Crippen LogP contribution in [-0.2, 0) is 10.4 Å². The number of aliphatic hydroxyl groups is 1. The molecule has 0 aliphatic heterocycles. The van der Waals surface area contributed by atoms with Crippen molar-refractivity contribution in [3.05, 3.63) is 77.3 Å². The van der Waals surface area contributed by atoms with Gasteiger partial charge in [0, 0.05) is 23.6 Å². The minimum Gasteiger partial charge on any atom is -0.442 e. The first kappa shape index (κ1) is 24.9. The molecule has 2 heterocycles.